The number of carbonyl (C=O) groups excluding carboxylic acids is 2. The summed E-state index contributed by atoms with van der Waals surface area (Å²) in [5, 5.41) is 0.950. The van der Waals surface area contributed by atoms with Crippen LogP contribution in [0.15, 0.2) is 24.3 Å². The van der Waals surface area contributed by atoms with Crippen LogP contribution in [0.4, 0.5) is 0 Å². The Hall–Kier alpha value is -2.45. The quantitative estimate of drug-likeness (QED) is 0.721. The van der Waals surface area contributed by atoms with E-state index >= 15 is 0 Å². The molecule has 156 valence electrons. The maximum absolute atomic E-state index is 12.6. The lowest BCUT2D eigenvalue weighted by Crippen LogP contribution is -2.48. The second-order valence-electron chi connectivity index (χ2n) is 7.40. The highest BCUT2D eigenvalue weighted by Gasteiger charge is 2.23. The SMILES string of the molecule is COc1ccc(CC(=O)N2CCN(Cc3nc(C)c(C(=O)N(C)C)s3)CC2)cc1. The fraction of sp³-hybridized carbons (Fsp3) is 0.476. The maximum Gasteiger partial charge on any atom is 0.265 e. The minimum Gasteiger partial charge on any atom is -0.497 e. The van der Waals surface area contributed by atoms with Gasteiger partial charge < -0.3 is 14.5 Å². The first-order valence-electron chi connectivity index (χ1n) is 9.68. The molecule has 29 heavy (non-hydrogen) atoms. The number of hydrogen-bond donors (Lipinski definition) is 0. The average Bonchev–Trinajstić information content (AvgIpc) is 3.08. The lowest BCUT2D eigenvalue weighted by Gasteiger charge is -2.34. The molecule has 2 amide bonds. The molecule has 8 heteroatoms. The molecule has 0 spiro atoms. The molecular formula is C21H28N4O3S. The second-order valence-corrected chi connectivity index (χ2v) is 8.49. The summed E-state index contributed by atoms with van der Waals surface area (Å²) in [4.78, 5) is 35.9. The smallest absolute Gasteiger partial charge is 0.265 e. The van der Waals surface area contributed by atoms with E-state index in [2.05, 4.69) is 9.88 Å². The normalized spacial score (nSPS) is 14.7. The molecule has 0 aliphatic carbocycles. The largest absolute Gasteiger partial charge is 0.497 e. The van der Waals surface area contributed by atoms with Crippen LogP contribution in [-0.4, -0.2) is 78.9 Å². The zero-order valence-corrected chi connectivity index (χ0v) is 18.3. The van der Waals surface area contributed by atoms with Gasteiger partial charge in [0.25, 0.3) is 5.91 Å². The van der Waals surface area contributed by atoms with E-state index in [9.17, 15) is 9.59 Å². The van der Waals surface area contributed by atoms with Crippen molar-refractivity contribution in [1.29, 1.82) is 0 Å². The van der Waals surface area contributed by atoms with E-state index in [1.807, 2.05) is 36.1 Å². The fourth-order valence-electron chi connectivity index (χ4n) is 3.30. The Labute approximate surface area is 175 Å². The summed E-state index contributed by atoms with van der Waals surface area (Å²) < 4.78 is 5.16. The van der Waals surface area contributed by atoms with Gasteiger partial charge in [-0.25, -0.2) is 4.98 Å². The summed E-state index contributed by atoms with van der Waals surface area (Å²) in [6, 6.07) is 7.63. The van der Waals surface area contributed by atoms with E-state index < -0.39 is 0 Å². The molecule has 1 aliphatic rings. The zero-order chi connectivity index (χ0) is 21.0. The third-order valence-electron chi connectivity index (χ3n) is 5.04. The standard InChI is InChI=1S/C21H28N4O3S/c1-15-20(21(27)23(2)3)29-18(22-15)14-24-9-11-25(12-10-24)19(26)13-16-5-7-17(28-4)8-6-16/h5-8H,9-14H2,1-4H3. The van der Waals surface area contributed by atoms with Crippen LogP contribution in [0.3, 0.4) is 0 Å². The van der Waals surface area contributed by atoms with Gasteiger partial charge in [0.2, 0.25) is 5.91 Å². The van der Waals surface area contributed by atoms with Crippen LogP contribution in [0.1, 0.15) is 25.9 Å². The van der Waals surface area contributed by atoms with Crippen molar-refractivity contribution in [2.24, 2.45) is 0 Å². The summed E-state index contributed by atoms with van der Waals surface area (Å²) in [7, 11) is 5.14. The van der Waals surface area contributed by atoms with Crippen LogP contribution in [0.2, 0.25) is 0 Å². The minimum absolute atomic E-state index is 0.000183. The van der Waals surface area contributed by atoms with E-state index in [0.717, 1.165) is 35.1 Å². The third kappa shape index (κ3) is 5.33. The molecule has 2 heterocycles. The van der Waals surface area contributed by atoms with E-state index in [1.165, 1.54) is 11.3 Å². The molecule has 0 saturated carbocycles. The van der Waals surface area contributed by atoms with Crippen LogP contribution in [0, 0.1) is 6.92 Å². The number of piperazine rings is 1. The Kier molecular flexibility index (Phi) is 6.87. The van der Waals surface area contributed by atoms with Crippen molar-refractivity contribution in [2.45, 2.75) is 19.9 Å². The Morgan fingerprint density at radius 1 is 1.14 bits per heavy atom. The molecule has 1 aliphatic heterocycles. The van der Waals surface area contributed by atoms with Gasteiger partial charge in [-0.15, -0.1) is 11.3 Å². The average molecular weight is 417 g/mol. The first-order chi connectivity index (χ1) is 13.9. The van der Waals surface area contributed by atoms with Gasteiger partial charge in [0.1, 0.15) is 15.6 Å². The molecule has 3 rings (SSSR count). The topological polar surface area (TPSA) is 66.0 Å². The summed E-state index contributed by atoms with van der Waals surface area (Å²) >= 11 is 1.47. The Morgan fingerprint density at radius 3 is 2.38 bits per heavy atom. The van der Waals surface area contributed by atoms with Gasteiger partial charge in [-0.3, -0.25) is 14.5 Å². The first-order valence-corrected chi connectivity index (χ1v) is 10.5. The maximum atomic E-state index is 12.6. The number of hydrogen-bond acceptors (Lipinski definition) is 6. The molecule has 0 N–H and O–H groups in total. The molecular weight excluding hydrogens is 388 g/mol. The van der Waals surface area contributed by atoms with Crippen molar-refractivity contribution < 1.29 is 14.3 Å². The summed E-state index contributed by atoms with van der Waals surface area (Å²) in [6.45, 7) is 5.64. The molecule has 0 radical (unpaired) electrons. The lowest BCUT2D eigenvalue weighted by molar-refractivity contribution is -0.132. The summed E-state index contributed by atoms with van der Waals surface area (Å²) in [5.41, 5.74) is 1.78. The molecule has 1 fully saturated rings. The van der Waals surface area contributed by atoms with Gasteiger partial charge in [0.15, 0.2) is 0 Å². The number of nitrogens with zero attached hydrogens (tertiary/aromatic N) is 4. The van der Waals surface area contributed by atoms with E-state index in [1.54, 1.807) is 26.1 Å². The summed E-state index contributed by atoms with van der Waals surface area (Å²) in [5.74, 6) is 0.946. The zero-order valence-electron chi connectivity index (χ0n) is 17.5. The minimum atomic E-state index is 0.000183. The molecule has 1 saturated heterocycles. The van der Waals surface area contributed by atoms with Gasteiger partial charge in [-0.05, 0) is 24.6 Å². The number of thiazole rings is 1. The molecule has 0 bridgehead atoms. The van der Waals surface area contributed by atoms with Crippen molar-refractivity contribution >= 4 is 23.2 Å². The molecule has 1 aromatic heterocycles. The van der Waals surface area contributed by atoms with Crippen molar-refractivity contribution in [3.63, 3.8) is 0 Å². The molecule has 7 nitrogen and oxygen atoms in total. The lowest BCUT2D eigenvalue weighted by atomic mass is 10.1. The van der Waals surface area contributed by atoms with Crippen molar-refractivity contribution in [3.8, 4) is 5.75 Å². The van der Waals surface area contributed by atoms with Crippen molar-refractivity contribution in [1.82, 2.24) is 19.7 Å². The highest BCUT2D eigenvalue weighted by Crippen LogP contribution is 2.21. The molecule has 0 atom stereocenters. The predicted octanol–water partition coefficient (Wildman–Crippen LogP) is 2.05. The molecule has 2 aromatic rings. The number of aromatic nitrogens is 1. The Morgan fingerprint density at radius 2 is 1.79 bits per heavy atom. The monoisotopic (exact) mass is 416 g/mol. The second kappa shape index (κ2) is 9.37. The van der Waals surface area contributed by atoms with Gasteiger partial charge in [-0.1, -0.05) is 12.1 Å². The fourth-order valence-corrected chi connectivity index (χ4v) is 4.43. The predicted molar refractivity (Wildman–Crippen MR) is 113 cm³/mol. The van der Waals surface area contributed by atoms with E-state index in [4.69, 9.17) is 4.74 Å². The highest BCUT2D eigenvalue weighted by molar-refractivity contribution is 7.13. The van der Waals surface area contributed by atoms with Crippen LogP contribution in [-0.2, 0) is 17.8 Å². The highest BCUT2D eigenvalue weighted by atomic mass is 32.1. The number of carbonyl (C=O) groups is 2. The van der Waals surface area contributed by atoms with Gasteiger partial charge >= 0.3 is 0 Å². The number of amides is 2. The number of benzene rings is 1. The van der Waals surface area contributed by atoms with E-state index in [0.29, 0.717) is 30.9 Å². The van der Waals surface area contributed by atoms with Crippen molar-refractivity contribution in [2.75, 3.05) is 47.4 Å². The molecule has 0 unspecified atom stereocenters. The van der Waals surface area contributed by atoms with Gasteiger partial charge in [-0.2, -0.15) is 0 Å². The van der Waals surface area contributed by atoms with Gasteiger partial charge in [0.05, 0.1) is 25.8 Å². The summed E-state index contributed by atoms with van der Waals surface area (Å²) in [6.07, 6.45) is 0.408. The molecule has 1 aromatic carbocycles. The van der Waals surface area contributed by atoms with Crippen LogP contribution >= 0.6 is 11.3 Å². The van der Waals surface area contributed by atoms with Crippen LogP contribution in [0.25, 0.3) is 0 Å². The van der Waals surface area contributed by atoms with Crippen LogP contribution in [0.5, 0.6) is 5.75 Å². The first kappa shape index (κ1) is 21.3. The van der Waals surface area contributed by atoms with Crippen LogP contribution < -0.4 is 4.74 Å². The number of rotatable bonds is 6. The van der Waals surface area contributed by atoms with E-state index in [-0.39, 0.29) is 11.8 Å². The Balaban J connectivity index is 1.50. The Bertz CT molecular complexity index is 855. The number of methoxy groups -OCH3 is 1. The van der Waals surface area contributed by atoms with Crippen molar-refractivity contribution in [3.05, 3.63) is 45.4 Å². The third-order valence-corrected chi connectivity index (χ3v) is 6.17. The number of ether oxygens (including phenoxy) is 1. The number of aryl methyl sites for hydroxylation is 1. The van der Waals surface area contributed by atoms with Gasteiger partial charge in [0, 0.05) is 40.3 Å².